The molecule has 0 saturated heterocycles. The number of carboxylic acids is 2. The quantitative estimate of drug-likeness (QED) is 0.562. The van der Waals surface area contributed by atoms with Gasteiger partial charge in [0.15, 0.2) is 6.10 Å². The van der Waals surface area contributed by atoms with Gasteiger partial charge in [-0.05, 0) is 26.0 Å². The summed E-state index contributed by atoms with van der Waals surface area (Å²) in [5.41, 5.74) is 0.936. The third-order valence-electron chi connectivity index (χ3n) is 3.17. The standard InChI is InChI=1S/C12H14Cl3NO.C4H4O4/c1-6(2)16-5-7-3-8-11(15)9(13)4-10(14)12(8)17-7;5-3(6)1-2-4(7)8/h4,6-7,16H,3,5H2,1-2H3;1-2H,(H,5,6)(H,7,8)/b;2-1-. The lowest BCUT2D eigenvalue weighted by Gasteiger charge is -2.11. The monoisotopic (exact) mass is 409 g/mol. The molecule has 0 bridgehead atoms. The Morgan fingerprint density at radius 2 is 2.00 bits per heavy atom. The van der Waals surface area contributed by atoms with E-state index < -0.39 is 11.9 Å². The van der Waals surface area contributed by atoms with Crippen molar-refractivity contribution in [2.75, 3.05) is 6.54 Å². The summed E-state index contributed by atoms with van der Waals surface area (Å²) in [7, 11) is 0. The number of ether oxygens (including phenoxy) is 1. The van der Waals surface area contributed by atoms with E-state index >= 15 is 0 Å². The zero-order valence-corrected chi connectivity index (χ0v) is 15.9. The number of aliphatic carboxylic acids is 2. The molecule has 1 aliphatic heterocycles. The number of benzene rings is 1. The van der Waals surface area contributed by atoms with Crippen LogP contribution in [0.1, 0.15) is 19.4 Å². The highest BCUT2D eigenvalue weighted by molar-refractivity contribution is 6.44. The molecule has 2 rings (SSSR count). The predicted molar refractivity (Wildman–Crippen MR) is 93.3 cm³/mol. The maximum absolute atomic E-state index is 9.53. The molecular formula is C16H18Cl3NO5. The van der Waals surface area contributed by atoms with Crippen molar-refractivity contribution in [1.29, 1.82) is 0 Å². The first-order valence-electron chi connectivity index (χ1n) is 7.40. The summed E-state index contributed by atoms with van der Waals surface area (Å²) in [6, 6.07) is 2.19. The van der Waals surface area contributed by atoms with Gasteiger partial charge in [-0.15, -0.1) is 0 Å². The molecule has 1 heterocycles. The molecule has 3 N–H and O–H groups in total. The van der Waals surface area contributed by atoms with Gasteiger partial charge in [0.1, 0.15) is 12.3 Å². The third kappa shape index (κ3) is 7.12. The van der Waals surface area contributed by atoms with Crippen LogP contribution in [0, 0.1) is 0 Å². The van der Waals surface area contributed by atoms with E-state index in [9.17, 15) is 14.7 Å². The molecule has 0 radical (unpaired) electrons. The molecule has 0 amide bonds. The van der Waals surface area contributed by atoms with Crippen molar-refractivity contribution in [3.05, 3.63) is 38.8 Å². The molecule has 0 spiro atoms. The van der Waals surface area contributed by atoms with E-state index in [-0.39, 0.29) is 6.10 Å². The predicted octanol–water partition coefficient (Wildman–Crippen LogP) is 1.30. The number of nitrogens with two attached hydrogens (primary N) is 1. The van der Waals surface area contributed by atoms with Crippen molar-refractivity contribution >= 4 is 46.7 Å². The molecule has 0 aliphatic carbocycles. The number of carboxylic acid groups (broad SMARTS) is 2. The van der Waals surface area contributed by atoms with Crippen molar-refractivity contribution in [3.63, 3.8) is 0 Å². The number of rotatable bonds is 5. The van der Waals surface area contributed by atoms with E-state index in [0.29, 0.717) is 39.0 Å². The highest BCUT2D eigenvalue weighted by Crippen LogP contribution is 2.43. The van der Waals surface area contributed by atoms with E-state index in [1.165, 1.54) is 0 Å². The number of hydrogen-bond acceptors (Lipinski definition) is 4. The second-order valence-corrected chi connectivity index (χ2v) is 6.80. The number of quaternary nitrogens is 1. The van der Waals surface area contributed by atoms with Gasteiger partial charge in [-0.1, -0.05) is 34.8 Å². The lowest BCUT2D eigenvalue weighted by atomic mass is 10.1. The first kappa shape index (κ1) is 21.6. The number of carbonyl (C=O) groups is 2. The second-order valence-electron chi connectivity index (χ2n) is 5.61. The van der Waals surface area contributed by atoms with Gasteiger partial charge >= 0.3 is 5.97 Å². The minimum Gasteiger partial charge on any atom is -0.545 e. The lowest BCUT2D eigenvalue weighted by Crippen LogP contribution is -2.90. The molecule has 6 nitrogen and oxygen atoms in total. The van der Waals surface area contributed by atoms with Gasteiger partial charge in [0.25, 0.3) is 0 Å². The molecular weight excluding hydrogens is 393 g/mol. The Morgan fingerprint density at radius 1 is 1.36 bits per heavy atom. The van der Waals surface area contributed by atoms with Crippen molar-refractivity contribution in [2.24, 2.45) is 0 Å². The van der Waals surface area contributed by atoms with Crippen LogP contribution in [0.3, 0.4) is 0 Å². The first-order valence-corrected chi connectivity index (χ1v) is 8.53. The third-order valence-corrected chi connectivity index (χ3v) is 4.28. The van der Waals surface area contributed by atoms with Gasteiger partial charge in [0.05, 0.1) is 27.1 Å². The zero-order chi connectivity index (χ0) is 19.1. The van der Waals surface area contributed by atoms with Crippen LogP contribution in [0.25, 0.3) is 0 Å². The Labute approximate surface area is 160 Å². The smallest absolute Gasteiger partial charge is 0.328 e. The molecule has 1 aromatic carbocycles. The van der Waals surface area contributed by atoms with Crippen LogP contribution in [0.15, 0.2) is 18.2 Å². The number of halogens is 3. The number of fused-ring (bicyclic) bond motifs is 1. The summed E-state index contributed by atoms with van der Waals surface area (Å²) in [6.07, 6.45) is 1.84. The van der Waals surface area contributed by atoms with E-state index in [1.54, 1.807) is 6.07 Å². The fraction of sp³-hybridized carbons (Fsp3) is 0.375. The van der Waals surface area contributed by atoms with Gasteiger partial charge in [-0.3, -0.25) is 0 Å². The van der Waals surface area contributed by atoms with Crippen LogP contribution in [-0.4, -0.2) is 35.7 Å². The number of carbonyl (C=O) groups excluding carboxylic acids is 1. The van der Waals surface area contributed by atoms with Crippen molar-refractivity contribution < 1.29 is 29.9 Å². The maximum Gasteiger partial charge on any atom is 0.328 e. The zero-order valence-electron chi connectivity index (χ0n) is 13.6. The highest BCUT2D eigenvalue weighted by Gasteiger charge is 2.29. The molecule has 1 unspecified atom stereocenters. The number of hydrogen-bond donors (Lipinski definition) is 2. The lowest BCUT2D eigenvalue weighted by molar-refractivity contribution is -0.687. The summed E-state index contributed by atoms with van der Waals surface area (Å²) in [4.78, 5) is 19.0. The van der Waals surface area contributed by atoms with Crippen molar-refractivity contribution in [1.82, 2.24) is 0 Å². The van der Waals surface area contributed by atoms with E-state index in [1.807, 2.05) is 0 Å². The SMILES string of the molecule is CC(C)[NH2+]CC1Cc2c(Cl)c(Cl)cc(Cl)c2O1.O=C([O-])/C=C\C(=O)O. The normalized spacial score (nSPS) is 15.5. The van der Waals surface area contributed by atoms with E-state index in [0.717, 1.165) is 18.5 Å². The van der Waals surface area contributed by atoms with Crippen LogP contribution in [0.4, 0.5) is 0 Å². The first-order chi connectivity index (χ1) is 11.6. The van der Waals surface area contributed by atoms with Crippen LogP contribution in [0.2, 0.25) is 15.1 Å². The molecule has 1 aromatic rings. The van der Waals surface area contributed by atoms with Gasteiger partial charge in [0.2, 0.25) is 0 Å². The molecule has 0 fully saturated rings. The molecule has 0 aromatic heterocycles. The largest absolute Gasteiger partial charge is 0.545 e. The highest BCUT2D eigenvalue weighted by atomic mass is 35.5. The maximum atomic E-state index is 9.53. The Morgan fingerprint density at radius 3 is 2.48 bits per heavy atom. The van der Waals surface area contributed by atoms with E-state index in [4.69, 9.17) is 44.6 Å². The molecule has 25 heavy (non-hydrogen) atoms. The summed E-state index contributed by atoms with van der Waals surface area (Å²) in [5.74, 6) is -2.11. The molecule has 1 atom stereocenters. The Bertz CT molecular complexity index is 660. The van der Waals surface area contributed by atoms with Gasteiger partial charge in [0, 0.05) is 18.1 Å². The van der Waals surface area contributed by atoms with Crippen molar-refractivity contribution in [3.8, 4) is 5.75 Å². The summed E-state index contributed by atoms with van der Waals surface area (Å²) >= 11 is 18.2. The average Bonchev–Trinajstić information content (AvgIpc) is 2.94. The molecule has 9 heteroatoms. The minimum absolute atomic E-state index is 0.126. The van der Waals surface area contributed by atoms with Gasteiger partial charge in [-0.2, -0.15) is 0 Å². The molecule has 0 saturated carbocycles. The Hall–Kier alpha value is -1.47. The molecule has 1 aliphatic rings. The van der Waals surface area contributed by atoms with Crippen LogP contribution < -0.4 is 15.2 Å². The van der Waals surface area contributed by atoms with Gasteiger partial charge < -0.3 is 25.1 Å². The van der Waals surface area contributed by atoms with Crippen LogP contribution >= 0.6 is 34.8 Å². The van der Waals surface area contributed by atoms with Gasteiger partial charge in [-0.25, -0.2) is 4.79 Å². The summed E-state index contributed by atoms with van der Waals surface area (Å²) in [6.45, 7) is 5.20. The Balaban J connectivity index is 0.000000333. The summed E-state index contributed by atoms with van der Waals surface area (Å²) < 4.78 is 5.82. The molecule has 138 valence electrons. The fourth-order valence-electron chi connectivity index (χ4n) is 2.07. The summed E-state index contributed by atoms with van der Waals surface area (Å²) in [5, 5.41) is 21.1. The van der Waals surface area contributed by atoms with Crippen LogP contribution in [0.5, 0.6) is 5.75 Å². The van der Waals surface area contributed by atoms with Crippen molar-refractivity contribution in [2.45, 2.75) is 32.4 Å². The van der Waals surface area contributed by atoms with Crippen LogP contribution in [-0.2, 0) is 16.0 Å². The Kier molecular flexibility index (Phi) is 8.52. The second kappa shape index (κ2) is 9.87. The minimum atomic E-state index is -1.51. The average molecular weight is 411 g/mol. The fourth-order valence-corrected chi connectivity index (χ4v) is 2.83. The topological polar surface area (TPSA) is 103 Å². The van der Waals surface area contributed by atoms with E-state index in [2.05, 4.69) is 19.2 Å².